The van der Waals surface area contributed by atoms with Gasteiger partial charge in [0.1, 0.15) is 5.82 Å². The number of ether oxygens (including phenoxy) is 2. The number of nitrogens with zero attached hydrogens (tertiary/aromatic N) is 4. The predicted octanol–water partition coefficient (Wildman–Crippen LogP) is 4.73. The summed E-state index contributed by atoms with van der Waals surface area (Å²) < 4.78 is 28.6. The van der Waals surface area contributed by atoms with Crippen molar-refractivity contribution in [3.05, 3.63) is 116 Å². The molecule has 0 spiro atoms. The Morgan fingerprint density at radius 3 is 2.29 bits per heavy atom. The van der Waals surface area contributed by atoms with Crippen molar-refractivity contribution in [2.45, 2.75) is 25.9 Å². The number of amides is 2. The molecule has 48 heavy (non-hydrogen) atoms. The van der Waals surface area contributed by atoms with Crippen LogP contribution in [0.15, 0.2) is 88.0 Å². The summed E-state index contributed by atoms with van der Waals surface area (Å²) in [5, 5.41) is 10.2. The number of benzene rings is 3. The minimum absolute atomic E-state index is 0.0572. The molecule has 3 aliphatic rings. The zero-order valence-corrected chi connectivity index (χ0v) is 26.8. The van der Waals surface area contributed by atoms with E-state index in [4.69, 9.17) is 21.1 Å². The van der Waals surface area contributed by atoms with Crippen LogP contribution < -0.4 is 25.8 Å². The maximum absolute atomic E-state index is 14.5. The molecule has 1 saturated heterocycles. The van der Waals surface area contributed by atoms with Gasteiger partial charge in [0.05, 0.1) is 54.5 Å². The van der Waals surface area contributed by atoms with Crippen LogP contribution in [0.25, 0.3) is 11.8 Å². The molecule has 4 aromatic rings. The first kappa shape index (κ1) is 31.3. The van der Waals surface area contributed by atoms with Gasteiger partial charge in [-0.1, -0.05) is 48.0 Å². The molecule has 2 aliphatic heterocycles. The van der Waals surface area contributed by atoms with Crippen LogP contribution in [0.2, 0.25) is 5.02 Å². The minimum atomic E-state index is -1.34. The second-order valence-electron chi connectivity index (χ2n) is 12.1. The molecule has 1 N–H and O–H groups in total. The van der Waals surface area contributed by atoms with E-state index in [2.05, 4.69) is 0 Å². The van der Waals surface area contributed by atoms with Gasteiger partial charge in [0.2, 0.25) is 17.6 Å². The number of methoxy groups -OCH3 is 2. The normalized spacial score (nSPS) is 23.1. The van der Waals surface area contributed by atoms with E-state index in [1.54, 1.807) is 61.5 Å². The second kappa shape index (κ2) is 11.4. The first-order chi connectivity index (χ1) is 23.0. The Labute approximate surface area is 278 Å². The standard InChI is InChI=1S/C35H30ClFN4O7/c1-35-23(11-9-19-15-28(47-2)30(42)29(16-19)48-3)22-13-14-38-33(45)40(20-7-5-4-6-8-20)34(46)41(38)27(22)18-24(35)31(43)39(32(35)44)21-10-12-26(37)25(36)17-21/h4-13,15-17,23-24,27,42H,14,18H2,1-3H3/t23-,24-,27+,35-/m0/s1. The van der Waals surface area contributed by atoms with Crippen molar-refractivity contribution < 1.29 is 28.6 Å². The Bertz CT molecular complexity index is 2160. The monoisotopic (exact) mass is 672 g/mol. The van der Waals surface area contributed by atoms with Gasteiger partial charge in [0, 0.05) is 5.92 Å². The molecule has 4 atom stereocenters. The number of hydrogen-bond donors (Lipinski definition) is 1. The van der Waals surface area contributed by atoms with Gasteiger partial charge in [-0.3, -0.25) is 9.59 Å². The van der Waals surface area contributed by atoms with Gasteiger partial charge in [-0.2, -0.15) is 0 Å². The Balaban J connectivity index is 1.40. The summed E-state index contributed by atoms with van der Waals surface area (Å²) >= 11 is 6.07. The number of carbonyl (C=O) groups excluding carboxylic acids is 2. The summed E-state index contributed by atoms with van der Waals surface area (Å²) in [4.78, 5) is 57.4. The molecule has 3 heterocycles. The third kappa shape index (κ3) is 4.46. The third-order valence-electron chi connectivity index (χ3n) is 9.77. The van der Waals surface area contributed by atoms with Crippen molar-refractivity contribution in [3.8, 4) is 22.9 Å². The molecule has 0 unspecified atom stereocenters. The van der Waals surface area contributed by atoms with E-state index in [0.29, 0.717) is 16.8 Å². The number of imide groups is 1. The van der Waals surface area contributed by atoms with Crippen molar-refractivity contribution in [1.29, 1.82) is 0 Å². The number of fused-ring (bicyclic) bond motifs is 4. The van der Waals surface area contributed by atoms with E-state index < -0.39 is 52.3 Å². The molecule has 2 fully saturated rings. The molecule has 2 amide bonds. The minimum Gasteiger partial charge on any atom is -0.502 e. The van der Waals surface area contributed by atoms with Crippen LogP contribution in [0.5, 0.6) is 17.2 Å². The van der Waals surface area contributed by atoms with Crippen LogP contribution in [0.4, 0.5) is 10.1 Å². The number of para-hydroxylation sites is 1. The van der Waals surface area contributed by atoms with E-state index in [-0.39, 0.29) is 40.9 Å². The van der Waals surface area contributed by atoms with Gasteiger partial charge in [0.25, 0.3) is 0 Å². The van der Waals surface area contributed by atoms with Crippen LogP contribution in [0, 0.1) is 23.1 Å². The molecule has 11 nitrogen and oxygen atoms in total. The number of hydrogen-bond acceptors (Lipinski definition) is 7. The first-order valence-electron chi connectivity index (χ1n) is 15.2. The van der Waals surface area contributed by atoms with E-state index in [1.165, 1.54) is 35.7 Å². The van der Waals surface area contributed by atoms with Gasteiger partial charge in [-0.05, 0) is 66.9 Å². The molecule has 1 saturated carbocycles. The van der Waals surface area contributed by atoms with E-state index in [1.807, 2.05) is 6.08 Å². The number of carbonyl (C=O) groups is 2. The largest absolute Gasteiger partial charge is 0.502 e. The first-order valence-corrected chi connectivity index (χ1v) is 15.5. The molecule has 7 rings (SSSR count). The highest BCUT2D eigenvalue weighted by molar-refractivity contribution is 6.31. The Morgan fingerprint density at radius 2 is 1.65 bits per heavy atom. The molecule has 1 aliphatic carbocycles. The number of phenolic OH excluding ortho intramolecular Hbond substituents is 1. The maximum Gasteiger partial charge on any atom is 0.352 e. The van der Waals surface area contributed by atoms with Crippen molar-refractivity contribution in [2.75, 3.05) is 19.1 Å². The van der Waals surface area contributed by atoms with Crippen LogP contribution >= 0.6 is 11.6 Å². The van der Waals surface area contributed by atoms with Crippen LogP contribution in [0.1, 0.15) is 24.9 Å². The average Bonchev–Trinajstić information content (AvgIpc) is 3.45. The highest BCUT2D eigenvalue weighted by atomic mass is 35.5. The summed E-state index contributed by atoms with van der Waals surface area (Å²) in [5.74, 6) is -3.23. The quantitative estimate of drug-likeness (QED) is 0.232. The summed E-state index contributed by atoms with van der Waals surface area (Å²) in [6.07, 6.45) is 5.41. The third-order valence-corrected chi connectivity index (χ3v) is 10.1. The van der Waals surface area contributed by atoms with Gasteiger partial charge in [-0.25, -0.2) is 32.8 Å². The van der Waals surface area contributed by atoms with Gasteiger partial charge in [0.15, 0.2) is 11.5 Å². The number of halogens is 2. The molecule has 13 heteroatoms. The van der Waals surface area contributed by atoms with E-state index in [9.17, 15) is 28.7 Å². The topological polar surface area (TPSA) is 125 Å². The van der Waals surface area contributed by atoms with Crippen molar-refractivity contribution in [3.63, 3.8) is 0 Å². The lowest BCUT2D eigenvalue weighted by atomic mass is 9.58. The van der Waals surface area contributed by atoms with Crippen LogP contribution in [-0.2, 0) is 16.1 Å². The smallest absolute Gasteiger partial charge is 0.352 e. The lowest BCUT2D eigenvalue weighted by Gasteiger charge is -2.45. The molecular weight excluding hydrogens is 643 g/mol. The second-order valence-corrected chi connectivity index (χ2v) is 12.5. The fraction of sp³-hybridized carbons (Fsp3) is 0.257. The highest BCUT2D eigenvalue weighted by Crippen LogP contribution is 2.58. The highest BCUT2D eigenvalue weighted by Gasteiger charge is 2.64. The van der Waals surface area contributed by atoms with Crippen molar-refractivity contribution in [2.24, 2.45) is 17.3 Å². The number of allylic oxidation sites excluding steroid dienone is 3. The van der Waals surface area contributed by atoms with Crippen molar-refractivity contribution in [1.82, 2.24) is 13.9 Å². The summed E-state index contributed by atoms with van der Waals surface area (Å²) in [5.41, 5.74) is -0.637. The van der Waals surface area contributed by atoms with Gasteiger partial charge >= 0.3 is 11.4 Å². The zero-order valence-electron chi connectivity index (χ0n) is 26.1. The summed E-state index contributed by atoms with van der Waals surface area (Å²) in [7, 11) is 2.81. The van der Waals surface area contributed by atoms with Crippen LogP contribution in [0.3, 0.4) is 0 Å². The Kier molecular flexibility index (Phi) is 7.43. The fourth-order valence-corrected chi connectivity index (χ4v) is 7.54. The lowest BCUT2D eigenvalue weighted by molar-refractivity contribution is -0.129. The molecule has 3 aromatic carbocycles. The number of aromatic hydroxyl groups is 1. The number of anilines is 1. The molecule has 1 aromatic heterocycles. The fourth-order valence-electron chi connectivity index (χ4n) is 7.36. The van der Waals surface area contributed by atoms with E-state index in [0.717, 1.165) is 15.5 Å². The molecule has 0 bridgehead atoms. The molecule has 0 radical (unpaired) electrons. The lowest BCUT2D eigenvalue weighted by Crippen LogP contribution is -2.49. The number of phenols is 1. The summed E-state index contributed by atoms with van der Waals surface area (Å²) in [6.45, 7) is 1.78. The van der Waals surface area contributed by atoms with Gasteiger partial charge in [-0.15, -0.1) is 0 Å². The molecular formula is C35H30ClFN4O7. The Hall–Kier alpha value is -5.36. The number of rotatable bonds is 6. The Morgan fingerprint density at radius 1 is 0.958 bits per heavy atom. The van der Waals surface area contributed by atoms with E-state index >= 15 is 0 Å². The van der Waals surface area contributed by atoms with Crippen molar-refractivity contribution >= 4 is 35.2 Å². The number of aromatic nitrogens is 3. The van der Waals surface area contributed by atoms with Gasteiger partial charge < -0.3 is 14.6 Å². The van der Waals surface area contributed by atoms with Crippen LogP contribution in [-0.4, -0.2) is 45.1 Å². The summed E-state index contributed by atoms with van der Waals surface area (Å²) in [6, 6.07) is 14.7. The zero-order chi connectivity index (χ0) is 34.1. The SMILES string of the molecule is COc1cc(C=C[C@H]2C3=CCn4c(=O)n(-c5ccccc5)c(=O)n4[C@@H]3C[C@H]3C(=O)N(c4ccc(F)c(Cl)c4)C(=O)[C@@]23C)cc(OC)c1O. The molecule has 246 valence electrons. The maximum atomic E-state index is 14.5. The average molecular weight is 673 g/mol. The predicted molar refractivity (Wildman–Crippen MR) is 175 cm³/mol.